The van der Waals surface area contributed by atoms with Gasteiger partial charge in [0.2, 0.25) is 5.91 Å². The smallest absolute Gasteiger partial charge is 0.222 e. The van der Waals surface area contributed by atoms with Crippen LogP contribution in [0.4, 0.5) is 5.13 Å². The summed E-state index contributed by atoms with van der Waals surface area (Å²) in [4.78, 5) is 21.5. The van der Waals surface area contributed by atoms with Crippen LogP contribution >= 0.6 is 11.3 Å². The predicted molar refractivity (Wildman–Crippen MR) is 131 cm³/mol. The minimum atomic E-state index is -3.21. The number of benzene rings is 2. The van der Waals surface area contributed by atoms with Gasteiger partial charge in [0.05, 0.1) is 21.7 Å². The zero-order valence-corrected chi connectivity index (χ0v) is 20.0. The van der Waals surface area contributed by atoms with Crippen LogP contribution in [0.15, 0.2) is 48.5 Å². The third kappa shape index (κ3) is 5.66. The Labute approximate surface area is 193 Å². The summed E-state index contributed by atoms with van der Waals surface area (Å²) < 4.78 is 25.9. The van der Waals surface area contributed by atoms with Crippen molar-refractivity contribution in [1.29, 1.82) is 0 Å². The van der Waals surface area contributed by atoms with Crippen molar-refractivity contribution in [1.82, 2.24) is 9.88 Å². The van der Waals surface area contributed by atoms with E-state index in [0.29, 0.717) is 19.5 Å². The number of aromatic nitrogens is 1. The number of hydrogen-bond donors (Lipinski definition) is 0. The van der Waals surface area contributed by atoms with Crippen molar-refractivity contribution in [2.45, 2.75) is 31.9 Å². The average molecular weight is 472 g/mol. The van der Waals surface area contributed by atoms with Crippen molar-refractivity contribution < 1.29 is 13.2 Å². The Hall–Kier alpha value is -2.45. The van der Waals surface area contributed by atoms with Gasteiger partial charge in [0.15, 0.2) is 15.0 Å². The quantitative estimate of drug-likeness (QED) is 0.498. The number of amides is 1. The molecule has 1 aromatic heterocycles. The van der Waals surface area contributed by atoms with Gasteiger partial charge in [-0.15, -0.1) is 0 Å². The van der Waals surface area contributed by atoms with Crippen LogP contribution in [0.25, 0.3) is 10.2 Å². The molecule has 0 spiro atoms. The summed E-state index contributed by atoms with van der Waals surface area (Å²) in [6, 6.07) is 15.6. The fourth-order valence-electron chi connectivity index (χ4n) is 3.96. The molecule has 0 aliphatic carbocycles. The molecule has 0 bridgehead atoms. The molecule has 6 nitrogen and oxygen atoms in total. The second-order valence-electron chi connectivity index (χ2n) is 8.20. The Kier molecular flexibility index (Phi) is 7.10. The SMILES string of the molecule is CCc1ccc2nc(N3CCN(C(=O)CCCS(=O)(=O)Cc4ccccc4)CC3)sc2c1. The summed E-state index contributed by atoms with van der Waals surface area (Å²) >= 11 is 1.70. The van der Waals surface area contributed by atoms with Crippen molar-refractivity contribution in [3.63, 3.8) is 0 Å². The lowest BCUT2D eigenvalue weighted by Gasteiger charge is -2.34. The van der Waals surface area contributed by atoms with Gasteiger partial charge >= 0.3 is 0 Å². The summed E-state index contributed by atoms with van der Waals surface area (Å²) in [6.45, 7) is 4.94. The monoisotopic (exact) mass is 471 g/mol. The first-order chi connectivity index (χ1) is 15.4. The zero-order valence-electron chi connectivity index (χ0n) is 18.4. The zero-order chi connectivity index (χ0) is 22.6. The van der Waals surface area contributed by atoms with E-state index in [1.165, 1.54) is 10.3 Å². The second-order valence-corrected chi connectivity index (χ2v) is 11.4. The highest BCUT2D eigenvalue weighted by Gasteiger charge is 2.23. The fourth-order valence-corrected chi connectivity index (χ4v) is 6.47. The summed E-state index contributed by atoms with van der Waals surface area (Å²) in [6.07, 6.45) is 1.65. The molecule has 1 aliphatic heterocycles. The highest BCUT2D eigenvalue weighted by atomic mass is 32.2. The molecule has 1 saturated heterocycles. The molecular formula is C24H29N3O3S2. The van der Waals surface area contributed by atoms with Crippen LogP contribution in [0.3, 0.4) is 0 Å². The number of thiazole rings is 1. The first-order valence-corrected chi connectivity index (χ1v) is 13.7. The Balaban J connectivity index is 1.25. The number of anilines is 1. The third-order valence-electron chi connectivity index (χ3n) is 5.83. The molecular weight excluding hydrogens is 442 g/mol. The van der Waals surface area contributed by atoms with Gasteiger partial charge in [-0.05, 0) is 36.1 Å². The highest BCUT2D eigenvalue weighted by molar-refractivity contribution is 7.90. The molecule has 0 radical (unpaired) electrons. The summed E-state index contributed by atoms with van der Waals surface area (Å²) in [5.41, 5.74) is 3.13. The number of piperazine rings is 1. The third-order valence-corrected chi connectivity index (χ3v) is 8.59. The molecule has 0 unspecified atom stereocenters. The molecule has 4 rings (SSSR count). The number of nitrogens with zero attached hydrogens (tertiary/aromatic N) is 3. The maximum Gasteiger partial charge on any atom is 0.222 e. The molecule has 1 aliphatic rings. The molecule has 1 amide bonds. The summed E-state index contributed by atoms with van der Waals surface area (Å²) in [7, 11) is -3.21. The van der Waals surface area contributed by atoms with Crippen molar-refractivity contribution in [2.24, 2.45) is 0 Å². The van der Waals surface area contributed by atoms with E-state index in [-0.39, 0.29) is 23.8 Å². The lowest BCUT2D eigenvalue weighted by Crippen LogP contribution is -2.48. The molecule has 2 aromatic carbocycles. The van der Waals surface area contributed by atoms with Gasteiger partial charge in [-0.25, -0.2) is 13.4 Å². The maximum atomic E-state index is 12.6. The maximum absolute atomic E-state index is 12.6. The lowest BCUT2D eigenvalue weighted by molar-refractivity contribution is -0.131. The van der Waals surface area contributed by atoms with Gasteiger partial charge in [0.25, 0.3) is 0 Å². The molecule has 2 heterocycles. The van der Waals surface area contributed by atoms with Gasteiger partial charge in [0.1, 0.15) is 0 Å². The minimum absolute atomic E-state index is 0.0304. The molecule has 170 valence electrons. The van der Waals surface area contributed by atoms with Crippen LogP contribution in [0.5, 0.6) is 0 Å². The number of aryl methyl sites for hydroxylation is 1. The van der Waals surface area contributed by atoms with Gasteiger partial charge in [-0.1, -0.05) is 54.7 Å². The van der Waals surface area contributed by atoms with Gasteiger partial charge in [-0.2, -0.15) is 0 Å². The van der Waals surface area contributed by atoms with Gasteiger partial charge in [0, 0.05) is 32.6 Å². The van der Waals surface area contributed by atoms with Crippen molar-refractivity contribution in [3.05, 3.63) is 59.7 Å². The molecule has 0 N–H and O–H groups in total. The van der Waals surface area contributed by atoms with E-state index in [9.17, 15) is 13.2 Å². The van der Waals surface area contributed by atoms with Gasteiger partial charge < -0.3 is 9.80 Å². The fraction of sp³-hybridized carbons (Fsp3) is 0.417. The Bertz CT molecular complexity index is 1170. The number of rotatable bonds is 8. The topological polar surface area (TPSA) is 70.6 Å². The highest BCUT2D eigenvalue weighted by Crippen LogP contribution is 2.30. The van der Waals surface area contributed by atoms with Crippen molar-refractivity contribution >= 4 is 42.4 Å². The normalized spacial score (nSPS) is 14.8. The Morgan fingerprint density at radius 2 is 1.78 bits per heavy atom. The van der Waals surface area contributed by atoms with E-state index >= 15 is 0 Å². The number of carbonyl (C=O) groups is 1. The number of sulfone groups is 1. The molecule has 0 saturated carbocycles. The summed E-state index contributed by atoms with van der Waals surface area (Å²) in [5.74, 6) is 0.109. The lowest BCUT2D eigenvalue weighted by atomic mass is 10.2. The standard InChI is InChI=1S/C24H29N3O3S2/c1-2-19-10-11-21-22(17-19)31-24(25-21)27-14-12-26(13-15-27)23(28)9-6-16-32(29,30)18-20-7-4-3-5-8-20/h3-5,7-8,10-11,17H,2,6,9,12-16,18H2,1H3. The van der Waals surface area contributed by atoms with E-state index < -0.39 is 9.84 Å². The minimum Gasteiger partial charge on any atom is -0.345 e. The van der Waals surface area contributed by atoms with Crippen LogP contribution in [0.2, 0.25) is 0 Å². The molecule has 3 aromatic rings. The van der Waals surface area contributed by atoms with E-state index in [1.54, 1.807) is 11.3 Å². The van der Waals surface area contributed by atoms with E-state index in [2.05, 4.69) is 30.0 Å². The first-order valence-electron chi connectivity index (χ1n) is 11.1. The molecule has 1 fully saturated rings. The van der Waals surface area contributed by atoms with E-state index in [4.69, 9.17) is 4.98 Å². The van der Waals surface area contributed by atoms with Crippen LogP contribution in [-0.2, 0) is 26.8 Å². The van der Waals surface area contributed by atoms with Crippen LogP contribution in [0, 0.1) is 0 Å². The number of carbonyl (C=O) groups excluding carboxylic acids is 1. The molecule has 8 heteroatoms. The van der Waals surface area contributed by atoms with Crippen LogP contribution in [-0.4, -0.2) is 56.1 Å². The van der Waals surface area contributed by atoms with Crippen LogP contribution < -0.4 is 4.90 Å². The average Bonchev–Trinajstić information content (AvgIpc) is 3.22. The predicted octanol–water partition coefficient (Wildman–Crippen LogP) is 3.90. The van der Waals surface area contributed by atoms with Crippen molar-refractivity contribution in [2.75, 3.05) is 36.8 Å². The summed E-state index contributed by atoms with van der Waals surface area (Å²) in [5, 5.41) is 1.01. The second kappa shape index (κ2) is 10.0. The van der Waals surface area contributed by atoms with E-state index in [1.807, 2.05) is 35.2 Å². The Morgan fingerprint density at radius 1 is 1.03 bits per heavy atom. The van der Waals surface area contributed by atoms with Gasteiger partial charge in [-0.3, -0.25) is 4.79 Å². The number of fused-ring (bicyclic) bond motifs is 1. The number of hydrogen-bond acceptors (Lipinski definition) is 6. The Morgan fingerprint density at radius 3 is 2.50 bits per heavy atom. The van der Waals surface area contributed by atoms with Crippen molar-refractivity contribution in [3.8, 4) is 0 Å². The largest absolute Gasteiger partial charge is 0.345 e. The van der Waals surface area contributed by atoms with E-state index in [0.717, 1.165) is 35.7 Å². The molecule has 32 heavy (non-hydrogen) atoms. The first kappa shape index (κ1) is 22.7. The van der Waals surface area contributed by atoms with Crippen LogP contribution in [0.1, 0.15) is 30.9 Å². The molecule has 0 atom stereocenters.